The highest BCUT2D eigenvalue weighted by atomic mass is 32.1. The van der Waals surface area contributed by atoms with Crippen molar-refractivity contribution in [1.82, 2.24) is 4.90 Å². The molecule has 0 N–H and O–H groups in total. The number of quaternary nitrogens is 1. The first-order valence-electron chi connectivity index (χ1n) is 5.92. The summed E-state index contributed by atoms with van der Waals surface area (Å²) in [5, 5.41) is 1.99. The van der Waals surface area contributed by atoms with Crippen LogP contribution in [0.5, 0.6) is 0 Å². The molecule has 0 amide bonds. The summed E-state index contributed by atoms with van der Waals surface area (Å²) < 4.78 is 1.03. The van der Waals surface area contributed by atoms with Crippen molar-refractivity contribution in [2.24, 2.45) is 0 Å². The molecule has 0 aliphatic carbocycles. The van der Waals surface area contributed by atoms with Crippen LogP contribution in [0.3, 0.4) is 0 Å². The van der Waals surface area contributed by atoms with E-state index in [4.69, 9.17) is 0 Å². The van der Waals surface area contributed by atoms with Crippen LogP contribution in [0.25, 0.3) is 0 Å². The number of fused-ring (bicyclic) bond motifs is 3. The van der Waals surface area contributed by atoms with Crippen molar-refractivity contribution in [2.45, 2.75) is 0 Å². The molecule has 86 valence electrons. The zero-order chi connectivity index (χ0) is 11.0. The molecule has 2 bridgehead atoms. The molecule has 3 saturated heterocycles. The summed E-state index contributed by atoms with van der Waals surface area (Å²) in [7, 11) is 0. The van der Waals surface area contributed by atoms with Gasteiger partial charge in [0.05, 0.1) is 24.5 Å². The number of rotatable bonds is 3. The lowest BCUT2D eigenvalue weighted by Gasteiger charge is -2.50. The predicted octanol–water partition coefficient (Wildman–Crippen LogP) is 1.08. The summed E-state index contributed by atoms with van der Waals surface area (Å²) in [6.45, 7) is 7.74. The maximum absolute atomic E-state index is 12.1. The van der Waals surface area contributed by atoms with E-state index in [-0.39, 0.29) is 0 Å². The van der Waals surface area contributed by atoms with Gasteiger partial charge in [-0.2, -0.15) is 0 Å². The molecule has 1 aromatic rings. The average molecular weight is 237 g/mol. The lowest BCUT2D eigenvalue weighted by Crippen LogP contribution is -2.68. The van der Waals surface area contributed by atoms with Crippen LogP contribution in [0.15, 0.2) is 17.5 Å². The van der Waals surface area contributed by atoms with Crippen LogP contribution in [0, 0.1) is 0 Å². The van der Waals surface area contributed by atoms with Crippen LogP contribution in [0.4, 0.5) is 0 Å². The second-order valence-electron chi connectivity index (χ2n) is 4.91. The quantitative estimate of drug-likeness (QED) is 0.579. The number of hydrogen-bond acceptors (Lipinski definition) is 3. The largest absolute Gasteiger partial charge is 0.314 e. The number of nitrogens with zero attached hydrogens (tertiary/aromatic N) is 2. The number of ketones is 1. The Morgan fingerprint density at radius 2 is 2.00 bits per heavy atom. The standard InChI is InChI=1S/C12H17N2OS/c15-11(12-2-1-9-16-12)10-14-6-3-13(4-7-14)5-8-14/h1-2,9H,3-8,10H2/q+1. The summed E-state index contributed by atoms with van der Waals surface area (Å²) in [5.74, 6) is 0.338. The fourth-order valence-corrected chi connectivity index (χ4v) is 3.45. The van der Waals surface area contributed by atoms with E-state index in [2.05, 4.69) is 4.90 Å². The van der Waals surface area contributed by atoms with Crippen molar-refractivity contribution in [3.63, 3.8) is 0 Å². The van der Waals surface area contributed by atoms with Crippen molar-refractivity contribution in [3.8, 4) is 0 Å². The Morgan fingerprint density at radius 3 is 2.56 bits per heavy atom. The number of carbonyl (C=O) groups excluding carboxylic acids is 1. The third kappa shape index (κ3) is 1.81. The van der Waals surface area contributed by atoms with Gasteiger partial charge in [-0.05, 0) is 11.4 Å². The maximum Gasteiger partial charge on any atom is 0.226 e. The maximum atomic E-state index is 12.1. The fraction of sp³-hybridized carbons (Fsp3) is 0.583. The topological polar surface area (TPSA) is 20.3 Å². The lowest BCUT2D eigenvalue weighted by atomic mass is 10.1. The normalized spacial score (nSPS) is 32.9. The molecule has 0 atom stereocenters. The fourth-order valence-electron chi connectivity index (χ4n) is 2.79. The second kappa shape index (κ2) is 3.95. The molecule has 0 saturated carbocycles. The van der Waals surface area contributed by atoms with E-state index in [1.165, 1.54) is 19.6 Å². The van der Waals surface area contributed by atoms with Gasteiger partial charge in [-0.1, -0.05) is 6.07 Å². The summed E-state index contributed by atoms with van der Waals surface area (Å²) >= 11 is 1.57. The molecule has 4 rings (SSSR count). The number of carbonyl (C=O) groups is 1. The number of thiophene rings is 1. The van der Waals surface area contributed by atoms with Gasteiger partial charge < -0.3 is 4.48 Å². The molecule has 4 heterocycles. The van der Waals surface area contributed by atoms with Crippen molar-refractivity contribution < 1.29 is 9.28 Å². The van der Waals surface area contributed by atoms with E-state index in [9.17, 15) is 4.79 Å². The highest BCUT2D eigenvalue weighted by molar-refractivity contribution is 7.12. The minimum Gasteiger partial charge on any atom is -0.314 e. The first-order chi connectivity index (χ1) is 7.77. The molecule has 3 nitrogen and oxygen atoms in total. The molecule has 3 fully saturated rings. The summed E-state index contributed by atoms with van der Waals surface area (Å²) in [4.78, 5) is 15.6. The van der Waals surface area contributed by atoms with Gasteiger partial charge in [-0.3, -0.25) is 9.69 Å². The van der Waals surface area contributed by atoms with Gasteiger partial charge in [0.1, 0.15) is 6.54 Å². The Morgan fingerprint density at radius 1 is 1.31 bits per heavy atom. The van der Waals surface area contributed by atoms with Crippen LogP contribution in [0.1, 0.15) is 9.67 Å². The minimum absolute atomic E-state index is 0.338. The van der Waals surface area contributed by atoms with Crippen LogP contribution in [-0.2, 0) is 0 Å². The monoisotopic (exact) mass is 237 g/mol. The molecule has 1 aromatic heterocycles. The number of Topliss-reactive ketones (excluding diaryl/α,β-unsaturated/α-hetero) is 1. The third-order valence-corrected chi connectivity index (χ3v) is 4.86. The van der Waals surface area contributed by atoms with E-state index in [0.29, 0.717) is 12.3 Å². The summed E-state index contributed by atoms with van der Waals surface area (Å²) in [6.07, 6.45) is 0. The van der Waals surface area contributed by atoms with E-state index in [1.54, 1.807) is 11.3 Å². The molecule has 0 spiro atoms. The Labute approximate surface area is 99.9 Å². The van der Waals surface area contributed by atoms with Crippen molar-refractivity contribution >= 4 is 17.1 Å². The van der Waals surface area contributed by atoms with E-state index < -0.39 is 0 Å². The Hall–Kier alpha value is -0.710. The van der Waals surface area contributed by atoms with E-state index >= 15 is 0 Å². The molecule has 3 aliphatic heterocycles. The van der Waals surface area contributed by atoms with Gasteiger partial charge in [0.15, 0.2) is 0 Å². The van der Waals surface area contributed by atoms with Gasteiger partial charge in [-0.25, -0.2) is 0 Å². The Balaban J connectivity index is 1.72. The molecule has 0 radical (unpaired) electrons. The highest BCUT2D eigenvalue weighted by Gasteiger charge is 2.39. The van der Waals surface area contributed by atoms with Gasteiger partial charge in [0.25, 0.3) is 0 Å². The third-order valence-electron chi connectivity index (χ3n) is 3.95. The zero-order valence-electron chi connectivity index (χ0n) is 9.39. The SMILES string of the molecule is O=C(C[N+]12CCN(CC1)CC2)c1cccs1. The van der Waals surface area contributed by atoms with Gasteiger partial charge >= 0.3 is 0 Å². The summed E-state index contributed by atoms with van der Waals surface area (Å²) in [6, 6.07) is 3.91. The van der Waals surface area contributed by atoms with Gasteiger partial charge in [0.2, 0.25) is 5.78 Å². The Bertz CT molecular complexity index is 366. The predicted molar refractivity (Wildman–Crippen MR) is 64.8 cm³/mol. The molecule has 0 unspecified atom stereocenters. The van der Waals surface area contributed by atoms with Crippen molar-refractivity contribution in [2.75, 3.05) is 45.8 Å². The van der Waals surface area contributed by atoms with Crippen LogP contribution in [-0.4, -0.2) is 61.0 Å². The lowest BCUT2D eigenvalue weighted by molar-refractivity contribution is -0.933. The van der Waals surface area contributed by atoms with Gasteiger partial charge in [-0.15, -0.1) is 11.3 Å². The molecule has 4 heteroatoms. The first kappa shape index (κ1) is 10.4. The van der Waals surface area contributed by atoms with Crippen LogP contribution in [0.2, 0.25) is 0 Å². The van der Waals surface area contributed by atoms with Gasteiger partial charge in [0, 0.05) is 19.6 Å². The molecule has 0 aromatic carbocycles. The average Bonchev–Trinajstić information content (AvgIpc) is 2.84. The van der Waals surface area contributed by atoms with Crippen LogP contribution >= 0.6 is 11.3 Å². The van der Waals surface area contributed by atoms with E-state index in [1.807, 2.05) is 17.5 Å². The smallest absolute Gasteiger partial charge is 0.226 e. The molecule has 3 aliphatic rings. The van der Waals surface area contributed by atoms with Crippen molar-refractivity contribution in [3.05, 3.63) is 22.4 Å². The van der Waals surface area contributed by atoms with Crippen LogP contribution < -0.4 is 0 Å². The zero-order valence-corrected chi connectivity index (χ0v) is 10.2. The summed E-state index contributed by atoms with van der Waals surface area (Å²) in [5.41, 5.74) is 0. The molecular formula is C12H17N2OS+. The van der Waals surface area contributed by atoms with Crippen molar-refractivity contribution in [1.29, 1.82) is 0 Å². The number of hydrogen-bond donors (Lipinski definition) is 0. The van der Waals surface area contributed by atoms with E-state index in [0.717, 1.165) is 29.0 Å². The molecular weight excluding hydrogens is 220 g/mol. The number of piperazine rings is 3. The highest BCUT2D eigenvalue weighted by Crippen LogP contribution is 2.21. The molecule has 16 heavy (non-hydrogen) atoms. The first-order valence-corrected chi connectivity index (χ1v) is 6.80. The second-order valence-corrected chi connectivity index (χ2v) is 5.86. The minimum atomic E-state index is 0.338. The Kier molecular flexibility index (Phi) is 2.58.